The van der Waals surface area contributed by atoms with Crippen LogP contribution < -0.4 is 10.1 Å². The lowest BCUT2D eigenvalue weighted by Crippen LogP contribution is -2.23. The molecule has 0 radical (unpaired) electrons. The summed E-state index contributed by atoms with van der Waals surface area (Å²) in [5.41, 5.74) is 2.90. The van der Waals surface area contributed by atoms with E-state index in [1.165, 1.54) is 5.56 Å². The first-order valence-electron chi connectivity index (χ1n) is 8.14. The van der Waals surface area contributed by atoms with Crippen molar-refractivity contribution in [1.29, 1.82) is 0 Å². The quantitative estimate of drug-likeness (QED) is 0.759. The predicted molar refractivity (Wildman–Crippen MR) is 107 cm³/mol. The molecule has 0 fully saturated rings. The standard InChI is InChI=1S/C14H13NO.C7H7NO.ClH/c1-2-6-11(7-3-1)13-10-16-14-9-5-4-8-12(14)15-13;1-8-5-3-2-4-7(8)6-9;/h1-9,13,15H,10H2;2-5H,1H3;1H. The van der Waals surface area contributed by atoms with Crippen LogP contribution in [0.15, 0.2) is 84.7 Å². The molecule has 2 aliphatic heterocycles. The summed E-state index contributed by atoms with van der Waals surface area (Å²) in [6.45, 7) is 0.682. The molecule has 2 heterocycles. The van der Waals surface area contributed by atoms with Gasteiger partial charge in [0.05, 0.1) is 11.7 Å². The fourth-order valence-corrected chi connectivity index (χ4v) is 2.61. The van der Waals surface area contributed by atoms with Gasteiger partial charge in [-0.25, -0.2) is 4.79 Å². The zero-order valence-corrected chi connectivity index (χ0v) is 15.3. The number of nitrogens with zero attached hydrogens (tertiary/aromatic N) is 1. The maximum atomic E-state index is 10.1. The Morgan fingerprint density at radius 1 is 1.08 bits per heavy atom. The highest BCUT2D eigenvalue weighted by molar-refractivity contribution is 5.85. The molecule has 2 aromatic carbocycles. The van der Waals surface area contributed by atoms with E-state index in [1.807, 2.05) is 42.3 Å². The van der Waals surface area contributed by atoms with Crippen molar-refractivity contribution >= 4 is 24.0 Å². The number of allylic oxidation sites excluding steroid dienone is 3. The average Bonchev–Trinajstić information content (AvgIpc) is 2.69. The Bertz CT molecular complexity index is 827. The third-order valence-corrected chi connectivity index (χ3v) is 3.98. The number of hydrogen-bond donors (Lipinski definition) is 1. The number of carbonyl (C=O) groups excluding carboxylic acids is 1. The molecule has 0 aliphatic carbocycles. The minimum atomic E-state index is 0. The second-order valence-corrected chi connectivity index (χ2v) is 5.71. The Morgan fingerprint density at radius 3 is 2.50 bits per heavy atom. The van der Waals surface area contributed by atoms with E-state index in [4.69, 9.17) is 4.74 Å². The number of rotatable bonds is 1. The number of likely N-dealkylation sites (N-methyl/N-ethyl adjacent to an activating group) is 1. The summed E-state index contributed by atoms with van der Waals surface area (Å²) in [7, 11) is 1.81. The highest BCUT2D eigenvalue weighted by atomic mass is 35.5. The number of anilines is 1. The fourth-order valence-electron chi connectivity index (χ4n) is 2.61. The van der Waals surface area contributed by atoms with Crippen LogP contribution in [0.1, 0.15) is 11.6 Å². The molecule has 1 unspecified atom stereocenters. The molecule has 26 heavy (non-hydrogen) atoms. The molecular formula is C21H21ClN2O2. The number of hydrogen-bond acceptors (Lipinski definition) is 4. The molecule has 134 valence electrons. The second kappa shape index (κ2) is 9.52. The van der Waals surface area contributed by atoms with Crippen molar-refractivity contribution in [3.8, 4) is 5.75 Å². The largest absolute Gasteiger partial charge is 0.489 e. The van der Waals surface area contributed by atoms with E-state index in [0.29, 0.717) is 12.3 Å². The van der Waals surface area contributed by atoms with Crippen molar-refractivity contribution in [3.63, 3.8) is 0 Å². The van der Waals surface area contributed by atoms with Gasteiger partial charge in [-0.2, -0.15) is 0 Å². The topological polar surface area (TPSA) is 41.6 Å². The Balaban J connectivity index is 0.000000210. The number of para-hydroxylation sites is 2. The second-order valence-electron chi connectivity index (χ2n) is 5.71. The number of ether oxygens (including phenoxy) is 1. The molecule has 4 nitrogen and oxygen atoms in total. The molecule has 0 spiro atoms. The summed E-state index contributed by atoms with van der Waals surface area (Å²) >= 11 is 0. The van der Waals surface area contributed by atoms with Crippen molar-refractivity contribution in [2.75, 3.05) is 19.0 Å². The van der Waals surface area contributed by atoms with Gasteiger partial charge in [-0.1, -0.05) is 48.5 Å². The van der Waals surface area contributed by atoms with Gasteiger partial charge in [0.1, 0.15) is 18.1 Å². The molecule has 2 aromatic rings. The van der Waals surface area contributed by atoms with Gasteiger partial charge >= 0.3 is 0 Å². The molecule has 0 saturated carbocycles. The highest BCUT2D eigenvalue weighted by Crippen LogP contribution is 2.32. The minimum absolute atomic E-state index is 0. The van der Waals surface area contributed by atoms with Gasteiger partial charge in [0.2, 0.25) is 0 Å². The van der Waals surface area contributed by atoms with Crippen LogP contribution in [0.25, 0.3) is 0 Å². The van der Waals surface area contributed by atoms with Crippen LogP contribution in [0.4, 0.5) is 5.69 Å². The summed E-state index contributed by atoms with van der Waals surface area (Å²) in [6.07, 6.45) is 7.19. The van der Waals surface area contributed by atoms with E-state index < -0.39 is 0 Å². The van der Waals surface area contributed by atoms with Gasteiger partial charge in [-0.05, 0) is 29.8 Å². The lowest BCUT2D eigenvalue weighted by molar-refractivity contribution is 0.286. The molecule has 4 rings (SSSR count). The van der Waals surface area contributed by atoms with Crippen molar-refractivity contribution in [2.24, 2.45) is 0 Å². The summed E-state index contributed by atoms with van der Waals surface area (Å²) < 4.78 is 5.73. The predicted octanol–water partition coefficient (Wildman–Crippen LogP) is 4.37. The number of fused-ring (bicyclic) bond motifs is 1. The van der Waals surface area contributed by atoms with E-state index >= 15 is 0 Å². The fraction of sp³-hybridized carbons (Fsp3) is 0.143. The van der Waals surface area contributed by atoms with E-state index in [1.54, 1.807) is 30.3 Å². The van der Waals surface area contributed by atoms with Gasteiger partial charge in [-0.15, -0.1) is 12.4 Å². The number of benzene rings is 2. The summed E-state index contributed by atoms with van der Waals surface area (Å²) in [5, 5.41) is 3.49. The number of halogens is 1. The van der Waals surface area contributed by atoms with Crippen molar-refractivity contribution in [3.05, 3.63) is 90.3 Å². The minimum Gasteiger partial charge on any atom is -0.489 e. The molecule has 5 heteroatoms. The van der Waals surface area contributed by atoms with E-state index in [0.717, 1.165) is 11.4 Å². The summed E-state index contributed by atoms with van der Waals surface area (Å²) in [5.74, 6) is 2.75. The lowest BCUT2D eigenvalue weighted by Gasteiger charge is -2.27. The Kier molecular flexibility index (Phi) is 7.10. The Hall–Kier alpha value is -2.94. The van der Waals surface area contributed by atoms with Gasteiger partial charge in [0, 0.05) is 13.2 Å². The summed E-state index contributed by atoms with van der Waals surface area (Å²) in [6, 6.07) is 18.7. The number of nitrogens with one attached hydrogen (secondary N) is 1. The molecule has 0 saturated heterocycles. The van der Waals surface area contributed by atoms with Gasteiger partial charge in [0.25, 0.3) is 0 Å². The zero-order chi connectivity index (χ0) is 17.5. The maximum absolute atomic E-state index is 10.1. The normalized spacial score (nSPS) is 16.7. The van der Waals surface area contributed by atoms with E-state index in [2.05, 4.69) is 29.6 Å². The highest BCUT2D eigenvalue weighted by Gasteiger charge is 2.19. The van der Waals surface area contributed by atoms with Crippen LogP contribution in [-0.2, 0) is 4.79 Å². The lowest BCUT2D eigenvalue weighted by atomic mass is 10.1. The van der Waals surface area contributed by atoms with Crippen molar-refractivity contribution in [1.82, 2.24) is 4.90 Å². The molecule has 1 atom stereocenters. The van der Waals surface area contributed by atoms with Crippen LogP contribution in [0.2, 0.25) is 0 Å². The first kappa shape index (κ1) is 19.4. The maximum Gasteiger partial charge on any atom is 0.150 e. The average molecular weight is 369 g/mol. The Morgan fingerprint density at radius 2 is 1.81 bits per heavy atom. The first-order chi connectivity index (χ1) is 12.3. The Labute approximate surface area is 159 Å². The SMILES string of the molecule is CN1C=CC=CC1=C=O.Cl.c1ccc(C2COc3ccccc3N2)cc1. The molecule has 0 aromatic heterocycles. The van der Waals surface area contributed by atoms with Gasteiger partial charge in [0.15, 0.2) is 5.94 Å². The smallest absolute Gasteiger partial charge is 0.150 e. The van der Waals surface area contributed by atoms with Crippen LogP contribution in [-0.4, -0.2) is 24.5 Å². The van der Waals surface area contributed by atoms with Crippen molar-refractivity contribution in [2.45, 2.75) is 6.04 Å². The molecule has 2 aliphatic rings. The molecule has 0 bridgehead atoms. The van der Waals surface area contributed by atoms with Gasteiger partial charge < -0.3 is 15.0 Å². The summed E-state index contributed by atoms with van der Waals surface area (Å²) in [4.78, 5) is 11.8. The van der Waals surface area contributed by atoms with Crippen LogP contribution in [0.3, 0.4) is 0 Å². The first-order valence-corrected chi connectivity index (χ1v) is 8.14. The van der Waals surface area contributed by atoms with Crippen LogP contribution in [0.5, 0.6) is 5.75 Å². The van der Waals surface area contributed by atoms with Crippen LogP contribution in [0, 0.1) is 0 Å². The molecule has 0 amide bonds. The monoisotopic (exact) mass is 368 g/mol. The third kappa shape index (κ3) is 4.79. The zero-order valence-electron chi connectivity index (χ0n) is 14.5. The molecular weight excluding hydrogens is 348 g/mol. The van der Waals surface area contributed by atoms with Crippen LogP contribution >= 0.6 is 12.4 Å². The molecule has 1 N–H and O–H groups in total. The third-order valence-electron chi connectivity index (χ3n) is 3.98. The van der Waals surface area contributed by atoms with Gasteiger partial charge in [-0.3, -0.25) is 0 Å². The van der Waals surface area contributed by atoms with Crippen molar-refractivity contribution < 1.29 is 9.53 Å². The van der Waals surface area contributed by atoms with E-state index in [-0.39, 0.29) is 18.4 Å². The van der Waals surface area contributed by atoms with E-state index in [9.17, 15) is 4.79 Å².